The predicted molar refractivity (Wildman–Crippen MR) is 106 cm³/mol. The molecule has 28 heavy (non-hydrogen) atoms. The van der Waals surface area contributed by atoms with Crippen molar-refractivity contribution in [2.75, 3.05) is 31.1 Å². The van der Waals surface area contributed by atoms with Gasteiger partial charge >= 0.3 is 5.97 Å². The maximum Gasteiger partial charge on any atom is 0.307 e. The van der Waals surface area contributed by atoms with E-state index in [1.807, 2.05) is 31.2 Å². The Morgan fingerprint density at radius 3 is 2.54 bits per heavy atom. The number of ether oxygens (including phenoxy) is 2. The van der Waals surface area contributed by atoms with Gasteiger partial charge in [-0.15, -0.1) is 0 Å². The van der Waals surface area contributed by atoms with Gasteiger partial charge in [0.25, 0.3) is 5.91 Å². The summed E-state index contributed by atoms with van der Waals surface area (Å²) in [7, 11) is 0. The van der Waals surface area contributed by atoms with Crippen LogP contribution in [0.2, 0.25) is 0 Å². The van der Waals surface area contributed by atoms with Crippen molar-refractivity contribution in [3.8, 4) is 5.75 Å². The Morgan fingerprint density at radius 1 is 1.14 bits per heavy atom. The van der Waals surface area contributed by atoms with Gasteiger partial charge in [0, 0.05) is 26.1 Å². The fraction of sp³-hybridized carbons (Fsp3) is 0.571. The van der Waals surface area contributed by atoms with Crippen molar-refractivity contribution in [2.45, 2.75) is 52.6 Å². The van der Waals surface area contributed by atoms with Crippen molar-refractivity contribution in [2.24, 2.45) is 0 Å². The summed E-state index contributed by atoms with van der Waals surface area (Å²) in [6.45, 7) is 8.67. The summed E-state index contributed by atoms with van der Waals surface area (Å²) in [5.41, 5.74) is -0.307. The second kappa shape index (κ2) is 9.57. The minimum atomic E-state index is -0.982. The molecule has 1 aliphatic heterocycles. The number of nitrogens with zero attached hydrogens (tertiary/aromatic N) is 2. The van der Waals surface area contributed by atoms with Gasteiger partial charge in [0.2, 0.25) is 5.91 Å². The number of esters is 1. The third-order valence-corrected chi connectivity index (χ3v) is 4.57. The van der Waals surface area contributed by atoms with Crippen molar-refractivity contribution in [1.82, 2.24) is 4.90 Å². The van der Waals surface area contributed by atoms with Gasteiger partial charge < -0.3 is 19.3 Å². The second-order valence-electron chi connectivity index (χ2n) is 7.22. The molecule has 154 valence electrons. The van der Waals surface area contributed by atoms with E-state index in [-0.39, 0.29) is 37.2 Å². The predicted octanol–water partition coefficient (Wildman–Crippen LogP) is 2.77. The highest BCUT2D eigenvalue weighted by Crippen LogP contribution is 2.37. The van der Waals surface area contributed by atoms with Crippen LogP contribution in [0.15, 0.2) is 24.3 Å². The Morgan fingerprint density at radius 2 is 1.86 bits per heavy atom. The quantitative estimate of drug-likeness (QED) is 0.606. The summed E-state index contributed by atoms with van der Waals surface area (Å²) in [6.07, 6.45) is 1.14. The highest BCUT2D eigenvalue weighted by molar-refractivity contribution is 6.02. The maximum atomic E-state index is 12.8. The van der Waals surface area contributed by atoms with Gasteiger partial charge in [-0.2, -0.15) is 0 Å². The Balaban J connectivity index is 2.04. The van der Waals surface area contributed by atoms with Crippen LogP contribution in [0, 0.1) is 0 Å². The summed E-state index contributed by atoms with van der Waals surface area (Å²) in [6, 6.07) is 7.33. The Labute approximate surface area is 166 Å². The molecule has 1 heterocycles. The first-order chi connectivity index (χ1) is 13.3. The zero-order valence-electron chi connectivity index (χ0n) is 17.2. The first-order valence-corrected chi connectivity index (χ1v) is 9.83. The standard InChI is InChI=1S/C21H30N2O5/c1-5-13-22(14-12-19(25)27-6-2)18(24)11-15-23-16-9-7-8-10-17(16)28-21(3,4)20(23)26/h7-10H,5-6,11-15H2,1-4H3. The van der Waals surface area contributed by atoms with Gasteiger partial charge in [-0.1, -0.05) is 19.1 Å². The Kier molecular flexibility index (Phi) is 7.43. The van der Waals surface area contributed by atoms with Crippen LogP contribution in [0.3, 0.4) is 0 Å². The van der Waals surface area contributed by atoms with E-state index in [1.54, 1.807) is 30.6 Å². The van der Waals surface area contributed by atoms with Crippen LogP contribution >= 0.6 is 0 Å². The summed E-state index contributed by atoms with van der Waals surface area (Å²) in [4.78, 5) is 40.4. The van der Waals surface area contributed by atoms with E-state index in [0.717, 1.165) is 6.42 Å². The number of carbonyl (C=O) groups is 3. The lowest BCUT2D eigenvalue weighted by atomic mass is 10.0. The van der Waals surface area contributed by atoms with Gasteiger partial charge in [-0.05, 0) is 39.3 Å². The maximum absolute atomic E-state index is 12.8. The van der Waals surface area contributed by atoms with Crippen LogP contribution < -0.4 is 9.64 Å². The SMILES string of the molecule is CCCN(CCC(=O)OCC)C(=O)CCN1C(=O)C(C)(C)Oc2ccccc21. The molecular weight excluding hydrogens is 360 g/mol. The van der Waals surface area contributed by atoms with Gasteiger partial charge in [0.15, 0.2) is 5.60 Å². The molecule has 1 aromatic rings. The van der Waals surface area contributed by atoms with Crippen LogP contribution in [0.25, 0.3) is 0 Å². The third-order valence-electron chi connectivity index (χ3n) is 4.57. The van der Waals surface area contributed by atoms with Gasteiger partial charge in [-0.3, -0.25) is 14.4 Å². The normalized spacial score (nSPS) is 14.9. The summed E-state index contributed by atoms with van der Waals surface area (Å²) in [5.74, 6) is 0.0657. The summed E-state index contributed by atoms with van der Waals surface area (Å²) in [5, 5.41) is 0. The van der Waals surface area contributed by atoms with Crippen molar-refractivity contribution in [3.63, 3.8) is 0 Å². The number of anilines is 1. The minimum absolute atomic E-state index is 0.0827. The average Bonchev–Trinajstić information content (AvgIpc) is 2.65. The molecule has 0 radical (unpaired) electrons. The molecule has 0 unspecified atom stereocenters. The van der Waals surface area contributed by atoms with Gasteiger partial charge in [0.05, 0.1) is 18.7 Å². The molecule has 7 heteroatoms. The molecule has 0 saturated heterocycles. The molecule has 1 aliphatic rings. The van der Waals surface area contributed by atoms with E-state index in [4.69, 9.17) is 9.47 Å². The van der Waals surface area contributed by atoms with E-state index < -0.39 is 5.60 Å². The van der Waals surface area contributed by atoms with Crippen molar-refractivity contribution in [1.29, 1.82) is 0 Å². The number of fused-ring (bicyclic) bond motifs is 1. The summed E-state index contributed by atoms with van der Waals surface area (Å²) >= 11 is 0. The Hall–Kier alpha value is -2.57. The number of carbonyl (C=O) groups excluding carboxylic acids is 3. The summed E-state index contributed by atoms with van der Waals surface area (Å²) < 4.78 is 10.7. The van der Waals surface area contributed by atoms with Gasteiger partial charge in [-0.25, -0.2) is 0 Å². The zero-order valence-corrected chi connectivity index (χ0v) is 17.2. The third kappa shape index (κ3) is 5.24. The van der Waals surface area contributed by atoms with E-state index in [2.05, 4.69) is 0 Å². The average molecular weight is 390 g/mol. The van der Waals surface area contributed by atoms with Crippen molar-refractivity contribution < 1.29 is 23.9 Å². The molecule has 0 aliphatic carbocycles. The van der Waals surface area contributed by atoms with Crippen LogP contribution in [0.1, 0.15) is 47.0 Å². The molecule has 0 aromatic heterocycles. The monoisotopic (exact) mass is 390 g/mol. The molecule has 7 nitrogen and oxygen atoms in total. The fourth-order valence-electron chi connectivity index (χ4n) is 3.20. The zero-order chi connectivity index (χ0) is 20.7. The van der Waals surface area contributed by atoms with E-state index in [0.29, 0.717) is 31.1 Å². The molecule has 0 saturated carbocycles. The smallest absolute Gasteiger partial charge is 0.307 e. The lowest BCUT2D eigenvalue weighted by Crippen LogP contribution is -2.53. The van der Waals surface area contributed by atoms with Crippen LogP contribution in [-0.4, -0.2) is 54.5 Å². The second-order valence-corrected chi connectivity index (χ2v) is 7.22. The number of amides is 2. The first-order valence-electron chi connectivity index (χ1n) is 9.83. The van der Waals surface area contributed by atoms with E-state index >= 15 is 0 Å². The molecule has 2 rings (SSSR count). The lowest BCUT2D eigenvalue weighted by molar-refractivity contribution is -0.144. The van der Waals surface area contributed by atoms with E-state index in [1.165, 1.54) is 0 Å². The molecule has 0 atom stereocenters. The molecule has 0 bridgehead atoms. The first kappa shape index (κ1) is 21.7. The number of hydrogen-bond donors (Lipinski definition) is 0. The van der Waals surface area contributed by atoms with Crippen molar-refractivity contribution >= 4 is 23.5 Å². The molecule has 1 aromatic carbocycles. The number of rotatable bonds is 9. The molecule has 2 amide bonds. The highest BCUT2D eigenvalue weighted by atomic mass is 16.5. The van der Waals surface area contributed by atoms with Crippen LogP contribution in [0.4, 0.5) is 5.69 Å². The molecule has 0 spiro atoms. The van der Waals surface area contributed by atoms with Crippen LogP contribution in [0.5, 0.6) is 5.75 Å². The van der Waals surface area contributed by atoms with Gasteiger partial charge in [0.1, 0.15) is 5.75 Å². The van der Waals surface area contributed by atoms with Crippen molar-refractivity contribution in [3.05, 3.63) is 24.3 Å². The molecule has 0 N–H and O–H groups in total. The lowest BCUT2D eigenvalue weighted by Gasteiger charge is -2.38. The Bertz CT molecular complexity index is 717. The fourth-order valence-corrected chi connectivity index (χ4v) is 3.20. The molecular formula is C21H30N2O5. The highest BCUT2D eigenvalue weighted by Gasteiger charge is 2.40. The number of benzene rings is 1. The van der Waals surface area contributed by atoms with E-state index in [9.17, 15) is 14.4 Å². The largest absolute Gasteiger partial charge is 0.476 e. The number of para-hydroxylation sites is 2. The molecule has 0 fully saturated rings. The topological polar surface area (TPSA) is 76.2 Å². The van der Waals surface area contributed by atoms with Crippen LogP contribution in [-0.2, 0) is 19.1 Å². The number of hydrogen-bond acceptors (Lipinski definition) is 5. The minimum Gasteiger partial charge on any atom is -0.476 e.